The Labute approximate surface area is 181 Å². The summed E-state index contributed by atoms with van der Waals surface area (Å²) < 4.78 is 0. The van der Waals surface area contributed by atoms with Gasteiger partial charge in [0.15, 0.2) is 0 Å². The largest absolute Gasteiger partial charge is 0.508 e. The van der Waals surface area contributed by atoms with Gasteiger partial charge in [-0.15, -0.1) is 0 Å². The van der Waals surface area contributed by atoms with Crippen molar-refractivity contribution in [2.24, 2.45) is 29.1 Å². The van der Waals surface area contributed by atoms with E-state index < -0.39 is 0 Å². The molecule has 0 radical (unpaired) electrons. The number of aryl methyl sites for hydroxylation is 1. The molecule has 1 N–H and O–H groups in total. The number of phenolic OH excluding ortho intramolecular Hbond substituents is 1. The van der Waals surface area contributed by atoms with Crippen molar-refractivity contribution in [3.8, 4) is 5.75 Å². The summed E-state index contributed by atoms with van der Waals surface area (Å²) in [6.07, 6.45) is 14.5. The van der Waals surface area contributed by atoms with Gasteiger partial charge in [0.25, 0.3) is 0 Å². The molecular weight excluding hydrogens is 368 g/mol. The number of hydrogen-bond acceptors (Lipinski definition) is 2. The summed E-state index contributed by atoms with van der Waals surface area (Å²) in [7, 11) is 0. The first-order valence-electron chi connectivity index (χ1n) is 12.8. The second-order valence-corrected chi connectivity index (χ2v) is 12.3. The molecule has 0 aromatic heterocycles. The number of Topliss-reactive ketones (excluding diaryl/α,β-unsaturated/α-hetero) is 1. The maximum Gasteiger partial charge on any atom is 0.139 e. The molecule has 1 aromatic rings. The van der Waals surface area contributed by atoms with Crippen LogP contribution in [0.3, 0.4) is 0 Å². The van der Waals surface area contributed by atoms with Gasteiger partial charge < -0.3 is 5.11 Å². The van der Waals surface area contributed by atoms with Crippen molar-refractivity contribution in [1.82, 2.24) is 0 Å². The quantitative estimate of drug-likeness (QED) is 0.565. The molecule has 0 heterocycles. The van der Waals surface area contributed by atoms with Crippen molar-refractivity contribution in [2.45, 2.75) is 102 Å². The number of carbonyl (C=O) groups is 1. The Balaban J connectivity index is 1.37. The van der Waals surface area contributed by atoms with Gasteiger partial charge in [-0.3, -0.25) is 4.79 Å². The molecule has 5 aliphatic carbocycles. The highest BCUT2D eigenvalue weighted by Gasteiger charge is 2.54. The minimum atomic E-state index is -0.0504. The van der Waals surface area contributed by atoms with Crippen LogP contribution in [-0.4, -0.2) is 10.9 Å². The predicted molar refractivity (Wildman–Crippen MR) is 120 cm³/mol. The van der Waals surface area contributed by atoms with Crippen molar-refractivity contribution in [3.05, 3.63) is 28.8 Å². The fourth-order valence-electron chi connectivity index (χ4n) is 9.21. The molecule has 2 bridgehead atoms. The Hall–Kier alpha value is -1.31. The third-order valence-corrected chi connectivity index (χ3v) is 10.6. The van der Waals surface area contributed by atoms with E-state index in [1.165, 1.54) is 61.6 Å². The molecule has 5 aliphatic rings. The van der Waals surface area contributed by atoms with Gasteiger partial charge in [0.1, 0.15) is 11.5 Å². The normalized spacial score (nSPS) is 44.9. The van der Waals surface area contributed by atoms with Crippen molar-refractivity contribution < 1.29 is 9.90 Å². The molecule has 6 rings (SSSR count). The first kappa shape index (κ1) is 19.4. The minimum Gasteiger partial charge on any atom is -0.508 e. The Kier molecular flexibility index (Phi) is 4.26. The van der Waals surface area contributed by atoms with Gasteiger partial charge in [0.2, 0.25) is 0 Å². The SMILES string of the molecule is CC1(c2cc3c(cc2O)CCC2C3CC[C@]3(C)C(=O)CCC23)CC2CCCC(C2)C1. The van der Waals surface area contributed by atoms with Crippen LogP contribution in [0.2, 0.25) is 0 Å². The summed E-state index contributed by atoms with van der Waals surface area (Å²) in [6.45, 7) is 4.70. The molecule has 4 saturated carbocycles. The van der Waals surface area contributed by atoms with Gasteiger partial charge in [-0.2, -0.15) is 0 Å². The summed E-state index contributed by atoms with van der Waals surface area (Å²) in [5.74, 6) is 4.65. The third-order valence-electron chi connectivity index (χ3n) is 10.6. The molecule has 2 nitrogen and oxygen atoms in total. The highest BCUT2D eigenvalue weighted by Crippen LogP contribution is 2.60. The van der Waals surface area contributed by atoms with E-state index in [9.17, 15) is 9.90 Å². The van der Waals surface area contributed by atoms with E-state index in [0.29, 0.717) is 29.3 Å². The number of aromatic hydroxyl groups is 1. The van der Waals surface area contributed by atoms with Gasteiger partial charge in [0, 0.05) is 17.4 Å². The van der Waals surface area contributed by atoms with E-state index in [0.717, 1.165) is 43.9 Å². The van der Waals surface area contributed by atoms with Gasteiger partial charge in [-0.1, -0.05) is 39.2 Å². The van der Waals surface area contributed by atoms with Crippen molar-refractivity contribution >= 4 is 5.78 Å². The van der Waals surface area contributed by atoms with Gasteiger partial charge in [-0.25, -0.2) is 0 Å². The first-order valence-corrected chi connectivity index (χ1v) is 12.8. The molecule has 1 aromatic carbocycles. The number of fused-ring (bicyclic) bond motifs is 7. The Morgan fingerprint density at radius 2 is 1.73 bits per heavy atom. The minimum absolute atomic E-state index is 0.0504. The van der Waals surface area contributed by atoms with E-state index in [-0.39, 0.29) is 10.8 Å². The standard InChI is InChI=1S/C28H38O2/c1-27(15-17-4-3-5-18(12-17)16-27)24-14-22-19(13-25(24)29)6-7-21-20(22)10-11-28(2)23(21)8-9-26(28)30/h13-14,17-18,20-21,23,29H,3-12,15-16H2,1-2H3/t17?,18?,20?,21?,23?,27?,28-/m0/s1. The monoisotopic (exact) mass is 406 g/mol. The van der Waals surface area contributed by atoms with E-state index in [1.54, 1.807) is 0 Å². The molecule has 0 spiro atoms. The lowest BCUT2D eigenvalue weighted by atomic mass is 9.54. The average Bonchev–Trinajstić information content (AvgIpc) is 3.01. The highest BCUT2D eigenvalue weighted by molar-refractivity contribution is 5.87. The fraction of sp³-hybridized carbons (Fsp3) is 0.750. The second-order valence-electron chi connectivity index (χ2n) is 12.3. The zero-order valence-corrected chi connectivity index (χ0v) is 18.9. The van der Waals surface area contributed by atoms with Gasteiger partial charge in [0.05, 0.1) is 0 Å². The molecule has 0 aliphatic heterocycles. The van der Waals surface area contributed by atoms with E-state index in [2.05, 4.69) is 26.0 Å². The summed E-state index contributed by atoms with van der Waals surface area (Å²) in [5.41, 5.74) is 4.26. The van der Waals surface area contributed by atoms with Crippen LogP contribution < -0.4 is 0 Å². The smallest absolute Gasteiger partial charge is 0.139 e. The van der Waals surface area contributed by atoms with E-state index >= 15 is 0 Å². The molecule has 2 heteroatoms. The highest BCUT2D eigenvalue weighted by atomic mass is 16.3. The number of rotatable bonds is 1. The number of carbonyl (C=O) groups excluding carboxylic acids is 1. The topological polar surface area (TPSA) is 37.3 Å². The van der Waals surface area contributed by atoms with Gasteiger partial charge >= 0.3 is 0 Å². The maximum absolute atomic E-state index is 12.7. The second kappa shape index (κ2) is 6.59. The van der Waals surface area contributed by atoms with Crippen LogP contribution >= 0.6 is 0 Å². The lowest BCUT2D eigenvalue weighted by Gasteiger charge is -2.49. The first-order chi connectivity index (χ1) is 14.4. The van der Waals surface area contributed by atoms with Crippen LogP contribution in [0.25, 0.3) is 0 Å². The molecule has 0 amide bonds. The summed E-state index contributed by atoms with van der Waals surface area (Å²) in [6, 6.07) is 4.60. The number of hydrogen-bond donors (Lipinski definition) is 1. The van der Waals surface area contributed by atoms with Crippen LogP contribution in [0.4, 0.5) is 0 Å². The predicted octanol–water partition coefficient (Wildman–Crippen LogP) is 6.68. The van der Waals surface area contributed by atoms with Crippen LogP contribution in [0.15, 0.2) is 12.1 Å². The fourth-order valence-corrected chi connectivity index (χ4v) is 9.21. The Morgan fingerprint density at radius 1 is 0.967 bits per heavy atom. The maximum atomic E-state index is 12.7. The van der Waals surface area contributed by atoms with Crippen molar-refractivity contribution in [3.63, 3.8) is 0 Å². The zero-order valence-electron chi connectivity index (χ0n) is 18.9. The number of benzene rings is 1. The molecule has 5 unspecified atom stereocenters. The number of phenols is 1. The number of ketones is 1. The van der Waals surface area contributed by atoms with Gasteiger partial charge in [-0.05, 0) is 104 Å². The lowest BCUT2D eigenvalue weighted by Crippen LogP contribution is -2.42. The van der Waals surface area contributed by atoms with Crippen LogP contribution in [0.5, 0.6) is 5.75 Å². The van der Waals surface area contributed by atoms with Crippen molar-refractivity contribution in [2.75, 3.05) is 0 Å². The molecular formula is C28H38O2. The van der Waals surface area contributed by atoms with Crippen LogP contribution in [-0.2, 0) is 16.6 Å². The van der Waals surface area contributed by atoms with Crippen molar-refractivity contribution in [1.29, 1.82) is 0 Å². The Morgan fingerprint density at radius 3 is 2.50 bits per heavy atom. The molecule has 6 atom stereocenters. The molecule has 162 valence electrons. The molecule has 30 heavy (non-hydrogen) atoms. The zero-order chi connectivity index (χ0) is 20.7. The van der Waals surface area contributed by atoms with Crippen LogP contribution in [0, 0.1) is 29.1 Å². The van der Waals surface area contributed by atoms with E-state index in [1.807, 2.05) is 0 Å². The summed E-state index contributed by atoms with van der Waals surface area (Å²) >= 11 is 0. The van der Waals surface area contributed by atoms with E-state index in [4.69, 9.17) is 0 Å². The summed E-state index contributed by atoms with van der Waals surface area (Å²) in [5, 5.41) is 11.1. The van der Waals surface area contributed by atoms with Crippen LogP contribution in [0.1, 0.15) is 107 Å². The Bertz CT molecular complexity index is 873. The molecule has 4 fully saturated rings. The average molecular weight is 407 g/mol. The lowest BCUT2D eigenvalue weighted by molar-refractivity contribution is -0.129. The third kappa shape index (κ3) is 2.71. The molecule has 0 saturated heterocycles. The summed E-state index contributed by atoms with van der Waals surface area (Å²) in [4.78, 5) is 12.7.